The van der Waals surface area contributed by atoms with E-state index in [1.54, 1.807) is 12.1 Å². The first-order valence-electron chi connectivity index (χ1n) is 5.93. The number of nitriles is 1. The number of hydrogen-bond donors (Lipinski definition) is 1. The highest BCUT2D eigenvalue weighted by molar-refractivity contribution is 9.10. The zero-order valence-electron chi connectivity index (χ0n) is 10.4. The highest BCUT2D eigenvalue weighted by Gasteiger charge is 2.26. The lowest BCUT2D eigenvalue weighted by atomic mass is 10.2. The lowest BCUT2D eigenvalue weighted by Gasteiger charge is -2.20. The van der Waals surface area contributed by atoms with Crippen molar-refractivity contribution in [1.82, 2.24) is 5.32 Å². The standard InChI is InChI=1S/C13H13BrFN3O/c1-8(19)17-10-4-5-18(7-10)11-3-2-9(6-16)12(14)13(11)15/h2-3,10H,4-5,7H2,1H3,(H,17,19). The molecule has 1 unspecified atom stereocenters. The summed E-state index contributed by atoms with van der Waals surface area (Å²) in [6, 6.07) is 5.17. The van der Waals surface area contributed by atoms with Crippen molar-refractivity contribution in [2.75, 3.05) is 18.0 Å². The van der Waals surface area contributed by atoms with Crippen molar-refractivity contribution < 1.29 is 9.18 Å². The number of nitrogens with zero attached hydrogens (tertiary/aromatic N) is 2. The smallest absolute Gasteiger partial charge is 0.217 e. The number of halogens is 2. The summed E-state index contributed by atoms with van der Waals surface area (Å²) >= 11 is 3.10. The van der Waals surface area contributed by atoms with E-state index in [-0.39, 0.29) is 22.0 Å². The molecule has 1 aromatic carbocycles. The SMILES string of the molecule is CC(=O)NC1CCN(c2ccc(C#N)c(Br)c2F)C1. The Bertz CT molecular complexity index is 556. The molecule has 0 saturated carbocycles. The molecule has 2 rings (SSSR count). The number of carbonyl (C=O) groups is 1. The van der Waals surface area contributed by atoms with Crippen LogP contribution in [0.3, 0.4) is 0 Å². The maximum Gasteiger partial charge on any atom is 0.217 e. The first-order valence-corrected chi connectivity index (χ1v) is 6.72. The van der Waals surface area contributed by atoms with Gasteiger partial charge in [-0.25, -0.2) is 4.39 Å². The number of hydrogen-bond acceptors (Lipinski definition) is 3. The molecular formula is C13H13BrFN3O. The van der Waals surface area contributed by atoms with Crippen molar-refractivity contribution in [2.45, 2.75) is 19.4 Å². The topological polar surface area (TPSA) is 56.1 Å². The molecular weight excluding hydrogens is 313 g/mol. The largest absolute Gasteiger partial charge is 0.367 e. The fraction of sp³-hybridized carbons (Fsp3) is 0.385. The van der Waals surface area contributed by atoms with Crippen LogP contribution in [0.25, 0.3) is 0 Å². The lowest BCUT2D eigenvalue weighted by molar-refractivity contribution is -0.119. The van der Waals surface area contributed by atoms with E-state index in [2.05, 4.69) is 21.2 Å². The van der Waals surface area contributed by atoms with Gasteiger partial charge in [0.25, 0.3) is 0 Å². The number of amides is 1. The normalized spacial score (nSPS) is 18.2. The summed E-state index contributed by atoms with van der Waals surface area (Å²) in [5.41, 5.74) is 0.734. The Morgan fingerprint density at radius 3 is 3.00 bits per heavy atom. The second-order valence-electron chi connectivity index (χ2n) is 4.50. The van der Waals surface area contributed by atoms with Gasteiger partial charge in [0.15, 0.2) is 5.82 Å². The van der Waals surface area contributed by atoms with Gasteiger partial charge in [0.1, 0.15) is 6.07 Å². The van der Waals surface area contributed by atoms with E-state index in [0.717, 1.165) is 6.42 Å². The van der Waals surface area contributed by atoms with Crippen LogP contribution >= 0.6 is 15.9 Å². The first kappa shape index (κ1) is 13.8. The molecule has 1 N–H and O–H groups in total. The van der Waals surface area contributed by atoms with Gasteiger partial charge in [0.05, 0.1) is 15.7 Å². The summed E-state index contributed by atoms with van der Waals surface area (Å²) < 4.78 is 14.4. The van der Waals surface area contributed by atoms with Crippen LogP contribution in [-0.4, -0.2) is 25.0 Å². The minimum atomic E-state index is -0.428. The first-order chi connectivity index (χ1) is 9.02. The molecule has 1 aliphatic rings. The van der Waals surface area contributed by atoms with Gasteiger partial charge in [0.2, 0.25) is 5.91 Å². The number of benzene rings is 1. The highest BCUT2D eigenvalue weighted by atomic mass is 79.9. The van der Waals surface area contributed by atoms with Crippen LogP contribution in [0.5, 0.6) is 0 Å². The second-order valence-corrected chi connectivity index (χ2v) is 5.30. The Hall–Kier alpha value is -1.61. The van der Waals surface area contributed by atoms with E-state index in [1.165, 1.54) is 6.92 Å². The molecule has 1 fully saturated rings. The number of nitrogens with one attached hydrogen (secondary N) is 1. The van der Waals surface area contributed by atoms with E-state index in [1.807, 2.05) is 11.0 Å². The zero-order valence-corrected chi connectivity index (χ0v) is 12.0. The molecule has 1 heterocycles. The predicted octanol–water partition coefficient (Wildman–Crippen LogP) is 2.17. The van der Waals surface area contributed by atoms with E-state index < -0.39 is 5.82 Å². The van der Waals surface area contributed by atoms with Crippen LogP contribution in [0, 0.1) is 17.1 Å². The van der Waals surface area contributed by atoms with Gasteiger partial charge in [0, 0.05) is 26.1 Å². The fourth-order valence-electron chi connectivity index (χ4n) is 2.25. The van der Waals surface area contributed by atoms with Gasteiger partial charge >= 0.3 is 0 Å². The maximum absolute atomic E-state index is 14.2. The number of carbonyl (C=O) groups excluding carboxylic acids is 1. The van der Waals surface area contributed by atoms with Crippen molar-refractivity contribution in [1.29, 1.82) is 5.26 Å². The fourth-order valence-corrected chi connectivity index (χ4v) is 2.68. The molecule has 0 radical (unpaired) electrons. The molecule has 1 aliphatic heterocycles. The van der Waals surface area contributed by atoms with Gasteiger partial charge in [-0.15, -0.1) is 0 Å². The van der Waals surface area contributed by atoms with Crippen LogP contribution in [0.2, 0.25) is 0 Å². The van der Waals surface area contributed by atoms with Gasteiger partial charge in [-0.2, -0.15) is 5.26 Å². The number of rotatable bonds is 2. The summed E-state index contributed by atoms with van der Waals surface area (Å²) in [4.78, 5) is 12.9. The predicted molar refractivity (Wildman–Crippen MR) is 73.2 cm³/mol. The Labute approximate surface area is 119 Å². The Kier molecular flexibility index (Phi) is 4.05. The molecule has 1 saturated heterocycles. The van der Waals surface area contributed by atoms with E-state index in [9.17, 15) is 9.18 Å². The van der Waals surface area contributed by atoms with Crippen LogP contribution in [-0.2, 0) is 4.79 Å². The third-order valence-corrected chi connectivity index (χ3v) is 3.89. The van der Waals surface area contributed by atoms with E-state index >= 15 is 0 Å². The highest BCUT2D eigenvalue weighted by Crippen LogP contribution is 2.31. The Morgan fingerprint density at radius 2 is 2.37 bits per heavy atom. The molecule has 1 amide bonds. The molecule has 1 aromatic rings. The van der Waals surface area contributed by atoms with Gasteiger partial charge in [-0.1, -0.05) is 0 Å². The molecule has 19 heavy (non-hydrogen) atoms. The van der Waals surface area contributed by atoms with Crippen LogP contribution in [0.4, 0.5) is 10.1 Å². The zero-order chi connectivity index (χ0) is 14.0. The molecule has 6 heteroatoms. The summed E-state index contributed by atoms with van der Waals surface area (Å²) in [5.74, 6) is -0.504. The summed E-state index contributed by atoms with van der Waals surface area (Å²) in [7, 11) is 0. The van der Waals surface area contributed by atoms with Crippen molar-refractivity contribution in [3.8, 4) is 6.07 Å². The van der Waals surface area contributed by atoms with Crippen LogP contribution < -0.4 is 10.2 Å². The number of anilines is 1. The molecule has 100 valence electrons. The van der Waals surface area contributed by atoms with Crippen LogP contribution in [0.15, 0.2) is 16.6 Å². The van der Waals surface area contributed by atoms with Gasteiger partial charge in [-0.3, -0.25) is 4.79 Å². The summed E-state index contributed by atoms with van der Waals surface area (Å²) in [6.45, 7) is 2.73. The van der Waals surface area contributed by atoms with E-state index in [0.29, 0.717) is 18.8 Å². The van der Waals surface area contributed by atoms with Crippen molar-refractivity contribution in [3.63, 3.8) is 0 Å². The second kappa shape index (κ2) is 5.57. The summed E-state index contributed by atoms with van der Waals surface area (Å²) in [6.07, 6.45) is 0.788. The average molecular weight is 326 g/mol. The minimum Gasteiger partial charge on any atom is -0.367 e. The van der Waals surface area contributed by atoms with Gasteiger partial charge in [-0.05, 0) is 34.5 Å². The van der Waals surface area contributed by atoms with Crippen molar-refractivity contribution >= 4 is 27.5 Å². The van der Waals surface area contributed by atoms with Crippen LogP contribution in [0.1, 0.15) is 18.9 Å². The molecule has 0 aliphatic carbocycles. The average Bonchev–Trinajstić information content (AvgIpc) is 2.80. The Balaban J connectivity index is 2.19. The molecule has 4 nitrogen and oxygen atoms in total. The van der Waals surface area contributed by atoms with Gasteiger partial charge < -0.3 is 10.2 Å². The molecule has 1 atom stereocenters. The quantitative estimate of drug-likeness (QED) is 0.906. The maximum atomic E-state index is 14.2. The van der Waals surface area contributed by atoms with Crippen molar-refractivity contribution in [3.05, 3.63) is 28.0 Å². The summed E-state index contributed by atoms with van der Waals surface area (Å²) in [5, 5.41) is 11.7. The Morgan fingerprint density at radius 1 is 1.63 bits per heavy atom. The molecule has 0 bridgehead atoms. The third-order valence-electron chi connectivity index (χ3n) is 3.12. The molecule has 0 spiro atoms. The molecule has 0 aromatic heterocycles. The lowest BCUT2D eigenvalue weighted by Crippen LogP contribution is -2.35. The minimum absolute atomic E-state index is 0.0475. The third kappa shape index (κ3) is 2.87. The monoisotopic (exact) mass is 325 g/mol. The van der Waals surface area contributed by atoms with E-state index in [4.69, 9.17) is 5.26 Å². The van der Waals surface area contributed by atoms with Crippen molar-refractivity contribution in [2.24, 2.45) is 0 Å².